The van der Waals surface area contributed by atoms with Gasteiger partial charge in [0.2, 0.25) is 0 Å². The number of rotatable bonds is 4. The third kappa shape index (κ3) is 2.42. The van der Waals surface area contributed by atoms with Crippen molar-refractivity contribution in [3.8, 4) is 0 Å². The molecule has 0 aliphatic carbocycles. The highest BCUT2D eigenvalue weighted by atomic mass is 32.1. The maximum atomic E-state index is 11.8. The zero-order valence-electron chi connectivity index (χ0n) is 12.9. The van der Waals surface area contributed by atoms with Crippen LogP contribution in [-0.4, -0.2) is 47.9 Å². The van der Waals surface area contributed by atoms with E-state index in [9.17, 15) is 4.79 Å². The lowest BCUT2D eigenvalue weighted by Gasteiger charge is -2.36. The number of pyridine rings is 1. The highest BCUT2D eigenvalue weighted by Gasteiger charge is 2.31. The summed E-state index contributed by atoms with van der Waals surface area (Å²) in [5.74, 6) is 1.27. The lowest BCUT2D eigenvalue weighted by Crippen LogP contribution is -2.46. The van der Waals surface area contributed by atoms with Crippen LogP contribution in [0.25, 0.3) is 10.2 Å². The molecule has 2 aromatic rings. The van der Waals surface area contributed by atoms with Crippen molar-refractivity contribution in [3.63, 3.8) is 0 Å². The van der Waals surface area contributed by atoms with Crippen molar-refractivity contribution in [1.29, 1.82) is 0 Å². The molecule has 2 saturated heterocycles. The van der Waals surface area contributed by atoms with Gasteiger partial charge < -0.3 is 4.90 Å². The molecule has 2 aromatic heterocycles. The lowest BCUT2D eigenvalue weighted by molar-refractivity contribution is 0.0992. The maximum Gasteiger partial charge on any atom is 0.172 e. The molecule has 116 valence electrons. The highest BCUT2D eigenvalue weighted by molar-refractivity contribution is 7.20. The smallest absolute Gasteiger partial charge is 0.172 e. The second-order valence-electron chi connectivity index (χ2n) is 6.23. The Morgan fingerprint density at radius 1 is 1.36 bits per heavy atom. The van der Waals surface area contributed by atoms with Crippen LogP contribution in [-0.2, 0) is 0 Å². The van der Waals surface area contributed by atoms with E-state index in [0.29, 0.717) is 12.5 Å². The molecule has 0 N–H and O–H groups in total. The third-order valence-corrected chi connectivity index (χ3v) is 5.94. The van der Waals surface area contributed by atoms with Crippen LogP contribution in [0.1, 0.15) is 35.9 Å². The molecule has 22 heavy (non-hydrogen) atoms. The largest absolute Gasteiger partial charge is 0.355 e. The predicted molar refractivity (Wildman–Crippen MR) is 91.0 cm³/mol. The Bertz CT molecular complexity index is 707. The van der Waals surface area contributed by atoms with Crippen LogP contribution in [0.5, 0.6) is 0 Å². The number of aromatic nitrogens is 1. The van der Waals surface area contributed by atoms with Crippen LogP contribution in [0.15, 0.2) is 18.2 Å². The third-order valence-electron chi connectivity index (χ3n) is 4.86. The molecule has 4 heterocycles. The number of nitrogens with zero attached hydrogens (tertiary/aromatic N) is 3. The molecule has 0 aromatic carbocycles. The Labute approximate surface area is 134 Å². The van der Waals surface area contributed by atoms with Gasteiger partial charge in [-0.3, -0.25) is 9.69 Å². The number of thiophene rings is 1. The molecule has 0 saturated carbocycles. The van der Waals surface area contributed by atoms with Gasteiger partial charge in [-0.05, 0) is 44.1 Å². The van der Waals surface area contributed by atoms with E-state index in [1.807, 2.05) is 13.0 Å². The van der Waals surface area contributed by atoms with Gasteiger partial charge in [-0.1, -0.05) is 6.92 Å². The van der Waals surface area contributed by atoms with E-state index >= 15 is 0 Å². The van der Waals surface area contributed by atoms with Gasteiger partial charge in [-0.15, -0.1) is 11.3 Å². The van der Waals surface area contributed by atoms with Crippen LogP contribution >= 0.6 is 11.3 Å². The van der Waals surface area contributed by atoms with Crippen molar-refractivity contribution in [3.05, 3.63) is 23.1 Å². The van der Waals surface area contributed by atoms with Crippen molar-refractivity contribution < 1.29 is 4.79 Å². The molecule has 1 atom stereocenters. The normalized spacial score (nSPS) is 22.2. The first-order valence-corrected chi connectivity index (χ1v) is 8.99. The first-order valence-electron chi connectivity index (χ1n) is 8.17. The summed E-state index contributed by atoms with van der Waals surface area (Å²) in [6.07, 6.45) is 3.15. The second kappa shape index (κ2) is 5.63. The zero-order chi connectivity index (χ0) is 15.1. The molecule has 4 rings (SSSR count). The number of likely N-dealkylation sites (tertiary alicyclic amines) is 1. The Balaban J connectivity index is 1.56. The average molecular weight is 315 g/mol. The summed E-state index contributed by atoms with van der Waals surface area (Å²) in [7, 11) is 0. The number of carbonyl (C=O) groups excluding carboxylic acids is 1. The maximum absolute atomic E-state index is 11.8. The quantitative estimate of drug-likeness (QED) is 0.812. The summed E-state index contributed by atoms with van der Waals surface area (Å²) in [4.78, 5) is 23.5. The van der Waals surface area contributed by atoms with Gasteiger partial charge in [0.1, 0.15) is 10.6 Å². The lowest BCUT2D eigenvalue weighted by atomic mass is 10.1. The molecular formula is C17H21N3OS. The van der Waals surface area contributed by atoms with E-state index < -0.39 is 0 Å². The molecule has 2 aliphatic heterocycles. The van der Waals surface area contributed by atoms with Crippen molar-refractivity contribution in [1.82, 2.24) is 9.88 Å². The van der Waals surface area contributed by atoms with Crippen LogP contribution in [0.3, 0.4) is 0 Å². The number of hydrogen-bond acceptors (Lipinski definition) is 5. The highest BCUT2D eigenvalue weighted by Crippen LogP contribution is 2.30. The van der Waals surface area contributed by atoms with Crippen molar-refractivity contribution >= 4 is 33.2 Å². The summed E-state index contributed by atoms with van der Waals surface area (Å²) in [5.41, 5.74) is 0. The standard InChI is InChI=1S/C17H21N3OS/c1-2-14(21)15-10-12-4-5-16(18-17(12)22-15)20-9-6-13(11-20)19-7-3-8-19/h4-5,10,13H,2-3,6-9,11H2,1H3. The molecule has 5 heteroatoms. The summed E-state index contributed by atoms with van der Waals surface area (Å²) < 4.78 is 0. The fourth-order valence-electron chi connectivity index (χ4n) is 3.35. The molecule has 2 aliphatic rings. The first-order chi connectivity index (χ1) is 10.7. The van der Waals surface area contributed by atoms with Gasteiger partial charge in [0, 0.05) is 30.9 Å². The number of carbonyl (C=O) groups is 1. The Morgan fingerprint density at radius 2 is 2.23 bits per heavy atom. The Hall–Kier alpha value is -1.46. The van der Waals surface area contributed by atoms with Gasteiger partial charge >= 0.3 is 0 Å². The van der Waals surface area contributed by atoms with Crippen molar-refractivity contribution in [2.45, 2.75) is 32.2 Å². The first kappa shape index (κ1) is 14.2. The predicted octanol–water partition coefficient (Wildman–Crippen LogP) is 3.17. The Morgan fingerprint density at radius 3 is 2.95 bits per heavy atom. The molecular weight excluding hydrogens is 294 g/mol. The van der Waals surface area contributed by atoms with Gasteiger partial charge in [0.25, 0.3) is 0 Å². The summed E-state index contributed by atoms with van der Waals surface area (Å²) in [6.45, 7) is 6.61. The van der Waals surface area contributed by atoms with Crippen LogP contribution in [0.4, 0.5) is 5.82 Å². The molecule has 0 radical (unpaired) electrons. The van der Waals surface area contributed by atoms with E-state index in [4.69, 9.17) is 4.98 Å². The summed E-state index contributed by atoms with van der Waals surface area (Å²) in [5, 5.41) is 1.09. The van der Waals surface area contributed by atoms with E-state index in [1.165, 1.54) is 37.3 Å². The van der Waals surface area contributed by atoms with Crippen LogP contribution < -0.4 is 4.90 Å². The average Bonchev–Trinajstić information content (AvgIpc) is 3.10. The molecule has 0 amide bonds. The molecule has 0 bridgehead atoms. The molecule has 4 nitrogen and oxygen atoms in total. The van der Waals surface area contributed by atoms with E-state index in [0.717, 1.165) is 34.0 Å². The van der Waals surface area contributed by atoms with E-state index in [2.05, 4.69) is 21.9 Å². The Kier molecular flexibility index (Phi) is 3.62. The molecule has 2 fully saturated rings. The minimum atomic E-state index is 0.212. The van der Waals surface area contributed by atoms with Crippen molar-refractivity contribution in [2.75, 3.05) is 31.1 Å². The van der Waals surface area contributed by atoms with Crippen LogP contribution in [0.2, 0.25) is 0 Å². The fourth-order valence-corrected chi connectivity index (χ4v) is 4.39. The van der Waals surface area contributed by atoms with Gasteiger partial charge in [0.15, 0.2) is 5.78 Å². The number of Topliss-reactive ketones (excluding diaryl/α,β-unsaturated/α-hetero) is 1. The number of ketones is 1. The monoisotopic (exact) mass is 315 g/mol. The van der Waals surface area contributed by atoms with Gasteiger partial charge in [-0.2, -0.15) is 0 Å². The van der Waals surface area contributed by atoms with E-state index in [-0.39, 0.29) is 5.78 Å². The van der Waals surface area contributed by atoms with Crippen molar-refractivity contribution in [2.24, 2.45) is 0 Å². The fraction of sp³-hybridized carbons (Fsp3) is 0.529. The second-order valence-corrected chi connectivity index (χ2v) is 7.26. The summed E-state index contributed by atoms with van der Waals surface area (Å²) in [6, 6.07) is 6.90. The molecule has 1 unspecified atom stereocenters. The number of hydrogen-bond donors (Lipinski definition) is 0. The van der Waals surface area contributed by atoms with E-state index in [1.54, 1.807) is 0 Å². The number of fused-ring (bicyclic) bond motifs is 1. The van der Waals surface area contributed by atoms with Gasteiger partial charge in [0.05, 0.1) is 4.88 Å². The zero-order valence-corrected chi connectivity index (χ0v) is 13.7. The summed E-state index contributed by atoms with van der Waals surface area (Å²) >= 11 is 1.53. The van der Waals surface area contributed by atoms with Crippen LogP contribution in [0, 0.1) is 0 Å². The topological polar surface area (TPSA) is 36.4 Å². The number of anilines is 1. The minimum Gasteiger partial charge on any atom is -0.355 e. The molecule has 0 spiro atoms. The minimum absolute atomic E-state index is 0.212. The van der Waals surface area contributed by atoms with Gasteiger partial charge in [-0.25, -0.2) is 4.98 Å². The SMILES string of the molecule is CCC(=O)c1cc2ccc(N3CCC(N4CCC4)C3)nc2s1.